The number of benzene rings is 1. The predicted molar refractivity (Wildman–Crippen MR) is 145 cm³/mol. The molecule has 1 aromatic carbocycles. The molecule has 0 radical (unpaired) electrons. The second-order valence-electron chi connectivity index (χ2n) is 11.8. The fraction of sp³-hybridized carbons (Fsp3) is 0.548. The minimum Gasteiger partial charge on any atom is -0.456 e. The van der Waals surface area contributed by atoms with Crippen LogP contribution < -0.4 is 0 Å². The molecule has 2 heterocycles. The predicted octanol–water partition coefficient (Wildman–Crippen LogP) is 5.98. The lowest BCUT2D eigenvalue weighted by molar-refractivity contribution is -0.164. The Balaban J connectivity index is 1.85. The molecule has 0 spiro atoms. The van der Waals surface area contributed by atoms with Crippen LogP contribution in [0, 0.1) is 5.41 Å². The average Bonchev–Trinajstić information content (AvgIpc) is 2.90. The van der Waals surface area contributed by atoms with Gasteiger partial charge in [-0.25, -0.2) is 4.79 Å². The first-order valence-corrected chi connectivity index (χ1v) is 13.5. The smallest absolute Gasteiger partial charge is 0.329 e. The van der Waals surface area contributed by atoms with Gasteiger partial charge in [-0.15, -0.1) is 0 Å². The molecule has 0 N–H and O–H groups in total. The molecular weight excluding hydrogens is 464 g/mol. The summed E-state index contributed by atoms with van der Waals surface area (Å²) < 4.78 is 6.17. The molecule has 2 atom stereocenters. The molecule has 6 heteroatoms. The Hall–Kier alpha value is -3.02. The molecule has 2 aromatic rings. The summed E-state index contributed by atoms with van der Waals surface area (Å²) >= 11 is 0. The van der Waals surface area contributed by atoms with Crippen molar-refractivity contribution in [3.63, 3.8) is 0 Å². The maximum Gasteiger partial charge on any atom is 0.329 e. The van der Waals surface area contributed by atoms with Crippen LogP contribution in [0.2, 0.25) is 0 Å². The van der Waals surface area contributed by atoms with E-state index in [-0.39, 0.29) is 5.41 Å². The van der Waals surface area contributed by atoms with Crippen molar-refractivity contribution >= 4 is 17.7 Å². The van der Waals surface area contributed by atoms with Crippen molar-refractivity contribution in [1.29, 1.82) is 0 Å². The van der Waals surface area contributed by atoms with Crippen LogP contribution in [0.1, 0.15) is 96.4 Å². The van der Waals surface area contributed by atoms with Gasteiger partial charge in [0.1, 0.15) is 12.1 Å². The first-order chi connectivity index (χ1) is 17.4. The number of likely N-dealkylation sites (tertiary alicyclic amines) is 1. The normalized spacial score (nSPS) is 17.2. The number of esters is 1. The number of amides is 1. The van der Waals surface area contributed by atoms with Crippen molar-refractivity contribution in [2.45, 2.75) is 97.6 Å². The van der Waals surface area contributed by atoms with Gasteiger partial charge in [-0.1, -0.05) is 71.9 Å². The number of hydrogen-bond donors (Lipinski definition) is 0. The number of ether oxygens (including phenoxy) is 1. The van der Waals surface area contributed by atoms with Crippen LogP contribution in [0.25, 0.3) is 0 Å². The first kappa shape index (κ1) is 28.5. The van der Waals surface area contributed by atoms with Gasteiger partial charge in [0, 0.05) is 24.4 Å². The zero-order valence-corrected chi connectivity index (χ0v) is 23.3. The van der Waals surface area contributed by atoms with Crippen molar-refractivity contribution in [2.24, 2.45) is 5.41 Å². The maximum atomic E-state index is 13.6. The maximum absolute atomic E-state index is 13.6. The van der Waals surface area contributed by atoms with Crippen LogP contribution in [0.5, 0.6) is 0 Å². The van der Waals surface area contributed by atoms with Crippen molar-refractivity contribution in [2.75, 3.05) is 6.54 Å². The molecule has 37 heavy (non-hydrogen) atoms. The first-order valence-electron chi connectivity index (χ1n) is 13.5. The summed E-state index contributed by atoms with van der Waals surface area (Å²) in [5, 5.41) is 0. The van der Waals surface area contributed by atoms with E-state index in [1.165, 1.54) is 4.90 Å². The number of hydrogen-bond acceptors (Lipinski definition) is 5. The van der Waals surface area contributed by atoms with Crippen LogP contribution >= 0.6 is 0 Å². The lowest BCUT2D eigenvalue weighted by Crippen LogP contribution is -2.53. The molecule has 3 rings (SSSR count). The van der Waals surface area contributed by atoms with E-state index in [4.69, 9.17) is 4.74 Å². The van der Waals surface area contributed by atoms with E-state index in [9.17, 15) is 14.4 Å². The van der Waals surface area contributed by atoms with Crippen LogP contribution in [0.15, 0.2) is 48.8 Å². The summed E-state index contributed by atoms with van der Waals surface area (Å²) in [6.45, 7) is 12.3. The lowest BCUT2D eigenvalue weighted by atomic mass is 9.84. The summed E-state index contributed by atoms with van der Waals surface area (Å²) in [7, 11) is 0. The Kier molecular flexibility index (Phi) is 9.27. The summed E-state index contributed by atoms with van der Waals surface area (Å²) in [5.74, 6) is -1.46. The molecule has 1 fully saturated rings. The SMILES string of the molecule is CCC(C)(C)C(=O)C(=O)N1CCCCC1C(=O)O[C@H](CCc1cccnc1)c1cccc(C(C)(C)C)c1. The van der Waals surface area contributed by atoms with Gasteiger partial charge in [0.25, 0.3) is 5.91 Å². The Bertz CT molecular complexity index is 1090. The standard InChI is InChI=1S/C31H42N2O4/c1-7-31(5,6)27(34)28(35)33-19-9-8-15-25(33)29(36)37-26(17-16-22-12-11-18-32-21-22)23-13-10-14-24(20-23)30(2,3)4/h10-14,18,20-21,25-26H,7-9,15-17,19H2,1-6H3/t25?,26-/m1/s1. The van der Waals surface area contributed by atoms with E-state index in [0.717, 1.165) is 29.5 Å². The van der Waals surface area contributed by atoms with Gasteiger partial charge < -0.3 is 9.64 Å². The molecule has 0 saturated carbocycles. The largest absolute Gasteiger partial charge is 0.456 e. The zero-order valence-electron chi connectivity index (χ0n) is 23.3. The fourth-order valence-electron chi connectivity index (χ4n) is 4.56. The molecule has 1 amide bonds. The van der Waals surface area contributed by atoms with E-state index in [2.05, 4.69) is 37.9 Å². The highest BCUT2D eigenvalue weighted by Crippen LogP contribution is 2.31. The quantitative estimate of drug-likeness (QED) is 0.309. The minimum atomic E-state index is -0.761. The molecule has 1 aliphatic heterocycles. The average molecular weight is 507 g/mol. The highest BCUT2D eigenvalue weighted by Gasteiger charge is 2.41. The second-order valence-corrected chi connectivity index (χ2v) is 11.8. The fourth-order valence-corrected chi connectivity index (χ4v) is 4.56. The van der Waals surface area contributed by atoms with E-state index in [1.54, 1.807) is 20.0 Å². The van der Waals surface area contributed by atoms with Gasteiger partial charge in [0.05, 0.1) is 0 Å². The summed E-state index contributed by atoms with van der Waals surface area (Å²) in [6.07, 6.45) is 7.02. The van der Waals surface area contributed by atoms with Gasteiger partial charge in [-0.2, -0.15) is 0 Å². The van der Waals surface area contributed by atoms with Crippen molar-refractivity contribution in [3.8, 4) is 0 Å². The molecule has 0 aliphatic carbocycles. The number of piperidine rings is 1. The number of pyridine rings is 1. The molecule has 1 aliphatic rings. The zero-order chi connectivity index (χ0) is 27.2. The topological polar surface area (TPSA) is 76.6 Å². The molecule has 1 unspecified atom stereocenters. The molecule has 1 saturated heterocycles. The van der Waals surface area contributed by atoms with Gasteiger partial charge in [-0.05, 0) is 66.7 Å². The van der Waals surface area contributed by atoms with Crippen molar-refractivity contribution in [3.05, 3.63) is 65.5 Å². The Morgan fingerprint density at radius 1 is 1.08 bits per heavy atom. The third-order valence-electron chi connectivity index (χ3n) is 7.53. The third-order valence-corrected chi connectivity index (χ3v) is 7.53. The van der Waals surface area contributed by atoms with E-state index >= 15 is 0 Å². The highest BCUT2D eigenvalue weighted by molar-refractivity contribution is 6.38. The van der Waals surface area contributed by atoms with Crippen LogP contribution in [-0.2, 0) is 31.0 Å². The minimum absolute atomic E-state index is 0.0487. The Morgan fingerprint density at radius 3 is 2.49 bits per heavy atom. The molecule has 0 bridgehead atoms. The second kappa shape index (κ2) is 12.0. The summed E-state index contributed by atoms with van der Waals surface area (Å²) in [6, 6.07) is 11.4. The molecule has 1 aromatic heterocycles. The highest BCUT2D eigenvalue weighted by atomic mass is 16.5. The van der Waals surface area contributed by atoms with E-state index in [1.807, 2.05) is 37.4 Å². The van der Waals surface area contributed by atoms with Crippen LogP contribution in [-0.4, -0.2) is 40.1 Å². The van der Waals surface area contributed by atoms with Crippen molar-refractivity contribution < 1.29 is 19.1 Å². The van der Waals surface area contributed by atoms with Gasteiger partial charge in [0.2, 0.25) is 5.78 Å². The van der Waals surface area contributed by atoms with Crippen molar-refractivity contribution in [1.82, 2.24) is 9.88 Å². The monoisotopic (exact) mass is 506 g/mol. The number of aryl methyl sites for hydroxylation is 1. The van der Waals surface area contributed by atoms with E-state index < -0.39 is 35.2 Å². The lowest BCUT2D eigenvalue weighted by Gasteiger charge is -2.36. The Morgan fingerprint density at radius 2 is 1.84 bits per heavy atom. The number of nitrogens with zero attached hydrogens (tertiary/aromatic N) is 2. The van der Waals surface area contributed by atoms with Crippen LogP contribution in [0.3, 0.4) is 0 Å². The number of rotatable bonds is 9. The number of aromatic nitrogens is 1. The number of carbonyl (C=O) groups is 3. The number of ketones is 1. The summed E-state index contributed by atoms with van der Waals surface area (Å²) in [4.78, 5) is 45.4. The van der Waals surface area contributed by atoms with E-state index in [0.29, 0.717) is 32.2 Å². The number of Topliss-reactive ketones (excluding diaryl/α,β-unsaturated/α-hetero) is 1. The number of carbonyl (C=O) groups excluding carboxylic acids is 3. The third kappa shape index (κ3) is 7.27. The van der Waals surface area contributed by atoms with Gasteiger partial charge in [-0.3, -0.25) is 14.6 Å². The molecule has 200 valence electrons. The van der Waals surface area contributed by atoms with Gasteiger partial charge in [0.15, 0.2) is 0 Å². The summed E-state index contributed by atoms with van der Waals surface area (Å²) in [5.41, 5.74) is 2.35. The molecule has 6 nitrogen and oxygen atoms in total. The van der Waals surface area contributed by atoms with Crippen LogP contribution in [0.4, 0.5) is 0 Å². The Labute approximate surface area is 221 Å². The van der Waals surface area contributed by atoms with Gasteiger partial charge >= 0.3 is 5.97 Å². The molecular formula is C31H42N2O4.